The molecule has 90 valence electrons. The van der Waals surface area contributed by atoms with Crippen molar-refractivity contribution in [3.05, 3.63) is 23.7 Å². The Morgan fingerprint density at radius 2 is 2.31 bits per heavy atom. The predicted octanol–water partition coefficient (Wildman–Crippen LogP) is 2.09. The van der Waals surface area contributed by atoms with Crippen LogP contribution in [0.25, 0.3) is 0 Å². The molecule has 2 rings (SSSR count). The molecule has 0 aliphatic heterocycles. The molecule has 0 amide bonds. The lowest BCUT2D eigenvalue weighted by atomic mass is 10.2. The van der Waals surface area contributed by atoms with Gasteiger partial charge >= 0.3 is 0 Å². The van der Waals surface area contributed by atoms with E-state index in [2.05, 4.69) is 19.2 Å². The molecule has 0 radical (unpaired) electrons. The van der Waals surface area contributed by atoms with Gasteiger partial charge in [-0.25, -0.2) is 0 Å². The van der Waals surface area contributed by atoms with Crippen LogP contribution in [0.15, 0.2) is 16.5 Å². The molecule has 0 saturated heterocycles. The van der Waals surface area contributed by atoms with Gasteiger partial charge < -0.3 is 15.5 Å². The highest BCUT2D eigenvalue weighted by Gasteiger charge is 2.32. The number of nitrogens with one attached hydrogen (secondary N) is 1. The van der Waals surface area contributed by atoms with Gasteiger partial charge in [0.25, 0.3) is 0 Å². The number of hydrogen-bond acceptors (Lipinski definition) is 3. The molecule has 1 aromatic heterocycles. The maximum Gasteiger partial charge on any atom is 0.122 e. The maximum absolute atomic E-state index is 5.77. The Bertz CT molecular complexity index is 334. The van der Waals surface area contributed by atoms with Crippen LogP contribution in [0.2, 0.25) is 0 Å². The third-order valence-corrected chi connectivity index (χ3v) is 3.51. The van der Waals surface area contributed by atoms with Gasteiger partial charge in [0.15, 0.2) is 0 Å². The summed E-state index contributed by atoms with van der Waals surface area (Å²) in [4.78, 5) is 0. The lowest BCUT2D eigenvalue weighted by molar-refractivity contribution is 0.392. The van der Waals surface area contributed by atoms with Crippen LogP contribution in [0.5, 0.6) is 0 Å². The van der Waals surface area contributed by atoms with E-state index in [4.69, 9.17) is 10.2 Å². The molecule has 0 bridgehead atoms. The minimum atomic E-state index is 0.174. The van der Waals surface area contributed by atoms with E-state index in [1.165, 1.54) is 6.42 Å². The zero-order chi connectivity index (χ0) is 11.5. The summed E-state index contributed by atoms with van der Waals surface area (Å²) in [5.74, 6) is 3.74. The quantitative estimate of drug-likeness (QED) is 0.775. The van der Waals surface area contributed by atoms with E-state index in [9.17, 15) is 0 Å². The topological polar surface area (TPSA) is 51.2 Å². The highest BCUT2D eigenvalue weighted by Crippen LogP contribution is 2.37. The standard InChI is InChI=1S/C13H22N2O/c1-3-11-4-5-13(16-11)12(7-14)15-8-10-6-9(10)2/h4-5,9-10,12,15H,3,6-8,14H2,1-2H3. The van der Waals surface area contributed by atoms with Crippen LogP contribution in [-0.2, 0) is 6.42 Å². The molecular weight excluding hydrogens is 200 g/mol. The molecule has 3 N–H and O–H groups in total. The highest BCUT2D eigenvalue weighted by molar-refractivity contribution is 5.11. The molecule has 3 atom stereocenters. The Balaban J connectivity index is 1.88. The van der Waals surface area contributed by atoms with E-state index < -0.39 is 0 Å². The SMILES string of the molecule is CCc1ccc(C(CN)NCC2CC2C)o1. The van der Waals surface area contributed by atoms with Gasteiger partial charge in [0.05, 0.1) is 6.04 Å². The third kappa shape index (κ3) is 2.66. The van der Waals surface area contributed by atoms with Crippen molar-refractivity contribution in [1.29, 1.82) is 0 Å². The minimum absolute atomic E-state index is 0.174. The van der Waals surface area contributed by atoms with Crippen molar-refractivity contribution in [3.8, 4) is 0 Å². The molecule has 16 heavy (non-hydrogen) atoms. The van der Waals surface area contributed by atoms with Gasteiger partial charge in [-0.05, 0) is 36.9 Å². The number of furan rings is 1. The molecular formula is C13H22N2O. The van der Waals surface area contributed by atoms with Crippen LogP contribution in [-0.4, -0.2) is 13.1 Å². The summed E-state index contributed by atoms with van der Waals surface area (Å²) in [5, 5.41) is 3.50. The van der Waals surface area contributed by atoms with Gasteiger partial charge in [-0.1, -0.05) is 13.8 Å². The zero-order valence-electron chi connectivity index (χ0n) is 10.2. The zero-order valence-corrected chi connectivity index (χ0v) is 10.2. The Morgan fingerprint density at radius 3 is 2.81 bits per heavy atom. The molecule has 3 nitrogen and oxygen atoms in total. The fourth-order valence-electron chi connectivity index (χ4n) is 2.05. The Labute approximate surface area is 97.4 Å². The van der Waals surface area contributed by atoms with E-state index in [0.717, 1.165) is 36.3 Å². The molecule has 3 heteroatoms. The molecule has 1 aliphatic carbocycles. The van der Waals surface area contributed by atoms with Crippen molar-refractivity contribution < 1.29 is 4.42 Å². The van der Waals surface area contributed by atoms with Crippen molar-refractivity contribution in [2.75, 3.05) is 13.1 Å². The number of aryl methyl sites for hydroxylation is 1. The minimum Gasteiger partial charge on any atom is -0.464 e. The Hall–Kier alpha value is -0.800. The van der Waals surface area contributed by atoms with E-state index in [1.54, 1.807) is 0 Å². The van der Waals surface area contributed by atoms with Crippen molar-refractivity contribution in [1.82, 2.24) is 5.32 Å². The van der Waals surface area contributed by atoms with Gasteiger partial charge in [0.2, 0.25) is 0 Å². The number of rotatable bonds is 6. The van der Waals surface area contributed by atoms with Crippen LogP contribution in [0.4, 0.5) is 0 Å². The van der Waals surface area contributed by atoms with Crippen LogP contribution in [0.3, 0.4) is 0 Å². The first-order chi connectivity index (χ1) is 7.74. The summed E-state index contributed by atoms with van der Waals surface area (Å²) in [6.07, 6.45) is 2.29. The average molecular weight is 222 g/mol. The number of hydrogen-bond donors (Lipinski definition) is 2. The van der Waals surface area contributed by atoms with E-state index in [1.807, 2.05) is 12.1 Å². The summed E-state index contributed by atoms with van der Waals surface area (Å²) in [7, 11) is 0. The molecule has 0 spiro atoms. The van der Waals surface area contributed by atoms with Crippen LogP contribution < -0.4 is 11.1 Å². The molecule has 3 unspecified atom stereocenters. The first-order valence-corrected chi connectivity index (χ1v) is 6.26. The fraction of sp³-hybridized carbons (Fsp3) is 0.692. The van der Waals surface area contributed by atoms with Gasteiger partial charge in [-0.3, -0.25) is 0 Å². The van der Waals surface area contributed by atoms with Gasteiger partial charge in [-0.2, -0.15) is 0 Å². The van der Waals surface area contributed by atoms with E-state index in [-0.39, 0.29) is 6.04 Å². The van der Waals surface area contributed by atoms with Crippen molar-refractivity contribution in [2.45, 2.75) is 32.7 Å². The molecule has 1 heterocycles. The second kappa shape index (κ2) is 5.02. The molecule has 0 aromatic carbocycles. The molecule has 1 aliphatic rings. The van der Waals surface area contributed by atoms with Crippen LogP contribution >= 0.6 is 0 Å². The van der Waals surface area contributed by atoms with Gasteiger partial charge in [0.1, 0.15) is 11.5 Å². The Kier molecular flexibility index (Phi) is 3.66. The maximum atomic E-state index is 5.77. The first kappa shape index (κ1) is 11.7. The largest absolute Gasteiger partial charge is 0.464 e. The van der Waals surface area contributed by atoms with Crippen molar-refractivity contribution in [3.63, 3.8) is 0 Å². The smallest absolute Gasteiger partial charge is 0.122 e. The van der Waals surface area contributed by atoms with Crippen LogP contribution in [0.1, 0.15) is 37.8 Å². The first-order valence-electron chi connectivity index (χ1n) is 6.26. The summed E-state index contributed by atoms with van der Waals surface area (Å²) < 4.78 is 5.72. The molecule has 1 fully saturated rings. The molecule has 1 saturated carbocycles. The normalized spacial score (nSPS) is 25.7. The summed E-state index contributed by atoms with van der Waals surface area (Å²) in [5.41, 5.74) is 5.77. The number of nitrogens with two attached hydrogens (primary N) is 1. The second-order valence-electron chi connectivity index (χ2n) is 4.83. The monoisotopic (exact) mass is 222 g/mol. The van der Waals surface area contributed by atoms with E-state index >= 15 is 0 Å². The highest BCUT2D eigenvalue weighted by atomic mass is 16.3. The lowest BCUT2D eigenvalue weighted by Crippen LogP contribution is -2.29. The summed E-state index contributed by atoms with van der Waals surface area (Å²) in [6.45, 7) is 6.05. The molecule has 1 aromatic rings. The Morgan fingerprint density at radius 1 is 1.56 bits per heavy atom. The van der Waals surface area contributed by atoms with Crippen molar-refractivity contribution >= 4 is 0 Å². The average Bonchev–Trinajstić information content (AvgIpc) is 2.82. The van der Waals surface area contributed by atoms with Gasteiger partial charge in [-0.15, -0.1) is 0 Å². The van der Waals surface area contributed by atoms with E-state index in [0.29, 0.717) is 6.54 Å². The summed E-state index contributed by atoms with van der Waals surface area (Å²) >= 11 is 0. The fourth-order valence-corrected chi connectivity index (χ4v) is 2.05. The van der Waals surface area contributed by atoms with Crippen molar-refractivity contribution in [2.24, 2.45) is 17.6 Å². The third-order valence-electron chi connectivity index (χ3n) is 3.51. The second-order valence-corrected chi connectivity index (χ2v) is 4.83. The summed E-state index contributed by atoms with van der Waals surface area (Å²) in [6, 6.07) is 4.26. The lowest BCUT2D eigenvalue weighted by Gasteiger charge is -2.14. The van der Waals surface area contributed by atoms with Gasteiger partial charge in [0, 0.05) is 13.0 Å². The predicted molar refractivity (Wildman–Crippen MR) is 65.2 cm³/mol. The van der Waals surface area contributed by atoms with Crippen LogP contribution in [0, 0.1) is 11.8 Å².